The van der Waals surface area contributed by atoms with Crippen molar-refractivity contribution in [1.29, 1.82) is 0 Å². The van der Waals surface area contributed by atoms with E-state index in [9.17, 15) is 4.79 Å². The van der Waals surface area contributed by atoms with Crippen molar-refractivity contribution < 1.29 is 14.1 Å². The van der Waals surface area contributed by atoms with E-state index in [0.717, 1.165) is 11.1 Å². The second-order valence-electron chi connectivity index (χ2n) is 6.26. The molecule has 0 radical (unpaired) electrons. The maximum absolute atomic E-state index is 12.3. The van der Waals surface area contributed by atoms with Crippen molar-refractivity contribution in [2.45, 2.75) is 33.4 Å². The summed E-state index contributed by atoms with van der Waals surface area (Å²) in [5.74, 6) is 1.29. The number of amides is 1. The molecule has 1 heterocycles. The minimum atomic E-state index is -0.227. The number of nitrogens with one attached hydrogen (secondary N) is 1. The zero-order chi connectivity index (χ0) is 18.5. The van der Waals surface area contributed by atoms with E-state index < -0.39 is 0 Å². The number of carbonyl (C=O) groups is 1. The van der Waals surface area contributed by atoms with Crippen LogP contribution in [0.15, 0.2) is 53.1 Å². The van der Waals surface area contributed by atoms with Crippen molar-refractivity contribution in [3.05, 3.63) is 65.5 Å². The predicted molar refractivity (Wildman–Crippen MR) is 97.8 cm³/mol. The van der Waals surface area contributed by atoms with Crippen LogP contribution in [-0.4, -0.2) is 22.2 Å². The summed E-state index contributed by atoms with van der Waals surface area (Å²) < 4.78 is 10.8. The SMILES string of the molecule is Cc1cccc(-c2noc(CNC(=O)c3cccc(OC(C)C)c3)n2)c1. The van der Waals surface area contributed by atoms with Crippen molar-refractivity contribution in [2.75, 3.05) is 0 Å². The fraction of sp³-hybridized carbons (Fsp3) is 0.250. The number of hydrogen-bond acceptors (Lipinski definition) is 5. The summed E-state index contributed by atoms with van der Waals surface area (Å²) in [7, 11) is 0. The summed E-state index contributed by atoms with van der Waals surface area (Å²) in [6.45, 7) is 6.04. The smallest absolute Gasteiger partial charge is 0.251 e. The van der Waals surface area contributed by atoms with Gasteiger partial charge in [0.15, 0.2) is 0 Å². The fourth-order valence-electron chi connectivity index (χ4n) is 2.47. The van der Waals surface area contributed by atoms with Crippen LogP contribution < -0.4 is 10.1 Å². The van der Waals surface area contributed by atoms with Crippen LogP contribution in [0.25, 0.3) is 11.4 Å². The first-order valence-electron chi connectivity index (χ1n) is 8.46. The van der Waals surface area contributed by atoms with Crippen LogP contribution in [0, 0.1) is 6.92 Å². The third-order valence-electron chi connectivity index (χ3n) is 3.61. The summed E-state index contributed by atoms with van der Waals surface area (Å²) in [5, 5.41) is 6.75. The minimum Gasteiger partial charge on any atom is -0.491 e. The number of aromatic nitrogens is 2. The van der Waals surface area contributed by atoms with Crippen LogP contribution in [0.4, 0.5) is 0 Å². The average molecular weight is 351 g/mol. The number of nitrogens with zero attached hydrogens (tertiary/aromatic N) is 2. The topological polar surface area (TPSA) is 77.2 Å². The molecule has 2 aromatic carbocycles. The Hall–Kier alpha value is -3.15. The van der Waals surface area contributed by atoms with Crippen molar-refractivity contribution in [2.24, 2.45) is 0 Å². The zero-order valence-electron chi connectivity index (χ0n) is 15.0. The van der Waals surface area contributed by atoms with E-state index in [-0.39, 0.29) is 18.6 Å². The first-order valence-corrected chi connectivity index (χ1v) is 8.46. The van der Waals surface area contributed by atoms with Crippen LogP contribution in [-0.2, 0) is 6.54 Å². The van der Waals surface area contributed by atoms with E-state index in [1.807, 2.05) is 51.1 Å². The Morgan fingerprint density at radius 1 is 1.19 bits per heavy atom. The lowest BCUT2D eigenvalue weighted by Crippen LogP contribution is -2.23. The quantitative estimate of drug-likeness (QED) is 0.731. The summed E-state index contributed by atoms with van der Waals surface area (Å²) in [6.07, 6.45) is 0.0479. The molecule has 6 heteroatoms. The molecule has 3 rings (SSSR count). The van der Waals surface area contributed by atoms with Gasteiger partial charge in [-0.25, -0.2) is 0 Å². The van der Waals surface area contributed by atoms with Crippen LogP contribution >= 0.6 is 0 Å². The summed E-state index contributed by atoms with van der Waals surface area (Å²) >= 11 is 0. The van der Waals surface area contributed by atoms with Gasteiger partial charge in [0.05, 0.1) is 12.6 Å². The highest BCUT2D eigenvalue weighted by molar-refractivity contribution is 5.94. The van der Waals surface area contributed by atoms with Gasteiger partial charge in [0.2, 0.25) is 11.7 Å². The molecule has 0 fully saturated rings. The van der Waals surface area contributed by atoms with Gasteiger partial charge in [-0.15, -0.1) is 0 Å². The number of hydrogen-bond donors (Lipinski definition) is 1. The molecular weight excluding hydrogens is 330 g/mol. The minimum absolute atomic E-state index is 0.0479. The molecule has 1 N–H and O–H groups in total. The summed E-state index contributed by atoms with van der Waals surface area (Å²) in [4.78, 5) is 16.6. The molecule has 0 atom stereocenters. The molecule has 6 nitrogen and oxygen atoms in total. The highest BCUT2D eigenvalue weighted by atomic mass is 16.5. The molecule has 0 aliphatic rings. The summed E-state index contributed by atoms with van der Waals surface area (Å²) in [6, 6.07) is 14.9. The van der Waals surface area contributed by atoms with E-state index in [1.54, 1.807) is 18.2 Å². The largest absolute Gasteiger partial charge is 0.491 e. The normalized spacial score (nSPS) is 10.8. The molecule has 1 amide bonds. The molecule has 1 aromatic heterocycles. The third kappa shape index (κ3) is 4.47. The Bertz CT molecular complexity index is 903. The Balaban J connectivity index is 1.63. The van der Waals surface area contributed by atoms with E-state index in [0.29, 0.717) is 23.0 Å². The van der Waals surface area contributed by atoms with Crippen molar-refractivity contribution in [3.63, 3.8) is 0 Å². The van der Waals surface area contributed by atoms with Gasteiger partial charge in [-0.3, -0.25) is 4.79 Å². The third-order valence-corrected chi connectivity index (χ3v) is 3.61. The number of ether oxygens (including phenoxy) is 1. The Morgan fingerprint density at radius 2 is 2.00 bits per heavy atom. The van der Waals surface area contributed by atoms with Gasteiger partial charge in [0.1, 0.15) is 5.75 Å². The maximum atomic E-state index is 12.3. The molecule has 26 heavy (non-hydrogen) atoms. The van der Waals surface area contributed by atoms with Gasteiger partial charge in [-0.05, 0) is 45.0 Å². The zero-order valence-corrected chi connectivity index (χ0v) is 15.0. The van der Waals surface area contributed by atoms with Gasteiger partial charge < -0.3 is 14.6 Å². The van der Waals surface area contributed by atoms with Gasteiger partial charge in [0, 0.05) is 11.1 Å². The van der Waals surface area contributed by atoms with E-state index in [4.69, 9.17) is 9.26 Å². The lowest BCUT2D eigenvalue weighted by atomic mass is 10.1. The van der Waals surface area contributed by atoms with Crippen LogP contribution in [0.2, 0.25) is 0 Å². The summed E-state index contributed by atoms with van der Waals surface area (Å²) in [5.41, 5.74) is 2.51. The lowest BCUT2D eigenvalue weighted by molar-refractivity contribution is 0.0945. The highest BCUT2D eigenvalue weighted by Gasteiger charge is 2.12. The maximum Gasteiger partial charge on any atom is 0.251 e. The van der Waals surface area contributed by atoms with E-state index in [1.165, 1.54) is 0 Å². The molecule has 0 unspecified atom stereocenters. The second-order valence-corrected chi connectivity index (χ2v) is 6.26. The first-order chi connectivity index (χ1) is 12.5. The van der Waals surface area contributed by atoms with Gasteiger partial charge in [0.25, 0.3) is 5.91 Å². The highest BCUT2D eigenvalue weighted by Crippen LogP contribution is 2.17. The second kappa shape index (κ2) is 7.82. The van der Waals surface area contributed by atoms with Gasteiger partial charge >= 0.3 is 0 Å². The monoisotopic (exact) mass is 351 g/mol. The molecule has 0 aliphatic carbocycles. The Morgan fingerprint density at radius 3 is 2.77 bits per heavy atom. The predicted octanol–water partition coefficient (Wildman–Crippen LogP) is 3.76. The molecule has 3 aromatic rings. The van der Waals surface area contributed by atoms with Gasteiger partial charge in [-0.1, -0.05) is 35.0 Å². The molecule has 0 bridgehead atoms. The Kier molecular flexibility index (Phi) is 5.31. The standard InChI is InChI=1S/C20H21N3O3/c1-13(2)25-17-9-5-8-16(11-17)20(24)21-12-18-22-19(23-26-18)15-7-4-6-14(3)10-15/h4-11,13H,12H2,1-3H3,(H,21,24). The molecular formula is C20H21N3O3. The molecule has 0 spiro atoms. The average Bonchev–Trinajstić information content (AvgIpc) is 3.08. The number of benzene rings is 2. The van der Waals surface area contributed by atoms with E-state index >= 15 is 0 Å². The van der Waals surface area contributed by atoms with Crippen molar-refractivity contribution in [3.8, 4) is 17.1 Å². The fourth-order valence-corrected chi connectivity index (χ4v) is 2.47. The lowest BCUT2D eigenvalue weighted by Gasteiger charge is -2.10. The number of rotatable bonds is 6. The van der Waals surface area contributed by atoms with Crippen molar-refractivity contribution in [1.82, 2.24) is 15.5 Å². The van der Waals surface area contributed by atoms with Gasteiger partial charge in [-0.2, -0.15) is 4.98 Å². The van der Waals surface area contributed by atoms with Crippen LogP contribution in [0.1, 0.15) is 35.7 Å². The van der Waals surface area contributed by atoms with E-state index in [2.05, 4.69) is 15.5 Å². The molecule has 0 saturated heterocycles. The van der Waals surface area contributed by atoms with Crippen LogP contribution in [0.5, 0.6) is 5.75 Å². The number of carbonyl (C=O) groups excluding carboxylic acids is 1. The van der Waals surface area contributed by atoms with Crippen LogP contribution in [0.3, 0.4) is 0 Å². The van der Waals surface area contributed by atoms with Crippen molar-refractivity contribution >= 4 is 5.91 Å². The number of aryl methyl sites for hydroxylation is 1. The Labute approximate surface area is 152 Å². The first kappa shape index (κ1) is 17.7. The molecule has 134 valence electrons. The molecule has 0 saturated carbocycles. The molecule has 0 aliphatic heterocycles.